The number of carbonyl (C=O) groups is 4. The highest BCUT2D eigenvalue weighted by Gasteiger charge is 2.58. The van der Waals surface area contributed by atoms with Crippen LogP contribution >= 0.6 is 0 Å². The fourth-order valence-corrected chi connectivity index (χ4v) is 10.5. The molecule has 1 aliphatic rings. The Labute approximate surface area is 460 Å². The van der Waals surface area contributed by atoms with Gasteiger partial charge in [0, 0.05) is 18.8 Å². The van der Waals surface area contributed by atoms with Crippen molar-refractivity contribution < 1.29 is 56.8 Å². The zero-order valence-electron chi connectivity index (χ0n) is 47.9. The molecule has 4 N–H and O–H groups in total. The molecule has 7 unspecified atom stereocenters. The predicted octanol–water partition coefficient (Wildman–Crippen LogP) is 7.34. The van der Waals surface area contributed by atoms with Crippen molar-refractivity contribution in [3.8, 4) is 5.75 Å². The highest BCUT2D eigenvalue weighted by atomic mass is 28.4. The van der Waals surface area contributed by atoms with Gasteiger partial charge >= 0.3 is 23.7 Å². The smallest absolute Gasteiger partial charge is 0.408 e. The maximum absolute atomic E-state index is 14.7. The maximum Gasteiger partial charge on any atom is 0.408 e. The first-order valence-corrected chi connectivity index (χ1v) is 32.3. The average Bonchev–Trinajstić information content (AvgIpc) is 3.81. The summed E-state index contributed by atoms with van der Waals surface area (Å²) < 4.78 is 45.8. The lowest BCUT2D eigenvalue weighted by atomic mass is 9.99. The number of methoxy groups -OCH3 is 1. The minimum absolute atomic E-state index is 0.00400. The van der Waals surface area contributed by atoms with Gasteiger partial charge in [0.25, 0.3) is 5.56 Å². The molecular weight excluding hydrogens is 1030 g/mol. The fraction of sp³-hybridized carbons (Fsp3) is 0.544. The van der Waals surface area contributed by atoms with Crippen LogP contribution in [0.4, 0.5) is 4.79 Å². The Morgan fingerprint density at radius 3 is 1.81 bits per heavy atom. The van der Waals surface area contributed by atoms with Crippen LogP contribution in [0.15, 0.2) is 107 Å². The topological polar surface area (TPSA) is 233 Å². The Morgan fingerprint density at radius 2 is 1.27 bits per heavy atom. The molecule has 0 bridgehead atoms. The third-order valence-electron chi connectivity index (χ3n) is 14.4. The van der Waals surface area contributed by atoms with E-state index < -0.39 is 107 Å². The standard InChI is InChI=1S/C57H83N5O14Si2/c1-55(2,3)74-52(67)45(58-31-21-32-59-50(66)42(34-44(64)71-36-39-22-17-15-18-23-39)60-53(68)72-37-40-24-19-16-20-25-40)46(65)47-48(75-77(11,12)56(4,5)6)49(76-78(13,14)57(7,8)9)51(73-47)61-33-30-43(63)62(54(61)69)35-38-26-28-41(70-10)29-27-38/h15-20,22-30,33,42,45-49,51,58,65H,21,31-32,34-37H2,1-14H3,(H,59,66)(H,60,68). The highest BCUT2D eigenvalue weighted by molar-refractivity contribution is 6.74. The van der Waals surface area contributed by atoms with E-state index in [4.69, 9.17) is 32.5 Å². The van der Waals surface area contributed by atoms with Gasteiger partial charge in [-0.1, -0.05) is 114 Å². The molecule has 1 aromatic heterocycles. The van der Waals surface area contributed by atoms with Crippen LogP contribution in [0.1, 0.15) is 98.1 Å². The summed E-state index contributed by atoms with van der Waals surface area (Å²) in [6, 6.07) is 23.4. The van der Waals surface area contributed by atoms with Crippen molar-refractivity contribution in [3.63, 3.8) is 0 Å². The zero-order chi connectivity index (χ0) is 57.8. The summed E-state index contributed by atoms with van der Waals surface area (Å²) >= 11 is 0. The van der Waals surface area contributed by atoms with Crippen molar-refractivity contribution in [3.05, 3.63) is 135 Å². The van der Waals surface area contributed by atoms with Crippen LogP contribution in [0.5, 0.6) is 5.75 Å². The molecule has 1 aliphatic heterocycles. The van der Waals surface area contributed by atoms with Gasteiger partial charge in [-0.05, 0) is 98.8 Å². The maximum atomic E-state index is 14.7. The van der Waals surface area contributed by atoms with Gasteiger partial charge in [0.1, 0.15) is 61.1 Å². The number of nitrogens with zero attached hydrogens (tertiary/aromatic N) is 2. The molecule has 19 nitrogen and oxygen atoms in total. The number of benzene rings is 3. The van der Waals surface area contributed by atoms with Crippen LogP contribution < -0.4 is 31.9 Å². The second-order valence-electron chi connectivity index (χ2n) is 23.7. The molecule has 1 fully saturated rings. The number of hydrogen-bond donors (Lipinski definition) is 4. The zero-order valence-corrected chi connectivity index (χ0v) is 49.9. The number of carbonyl (C=O) groups excluding carboxylic acids is 4. The number of amides is 2. The molecule has 5 rings (SSSR count). The van der Waals surface area contributed by atoms with E-state index in [2.05, 4.69) is 70.6 Å². The predicted molar refractivity (Wildman–Crippen MR) is 301 cm³/mol. The van der Waals surface area contributed by atoms with E-state index in [1.807, 2.05) is 25.2 Å². The van der Waals surface area contributed by atoms with Crippen molar-refractivity contribution in [1.29, 1.82) is 0 Å². The van der Waals surface area contributed by atoms with E-state index in [0.29, 0.717) is 11.3 Å². The monoisotopic (exact) mass is 1120 g/mol. The molecule has 2 amide bonds. The van der Waals surface area contributed by atoms with E-state index in [1.165, 1.54) is 16.8 Å². The number of alkyl carbamates (subject to hydrolysis) is 1. The fourth-order valence-electron chi connectivity index (χ4n) is 7.90. The van der Waals surface area contributed by atoms with Gasteiger partial charge in [-0.3, -0.25) is 28.3 Å². The molecule has 3 aromatic carbocycles. The van der Waals surface area contributed by atoms with Crippen LogP contribution in [0.2, 0.25) is 36.3 Å². The van der Waals surface area contributed by atoms with Gasteiger partial charge < -0.3 is 53.6 Å². The van der Waals surface area contributed by atoms with E-state index in [-0.39, 0.29) is 49.3 Å². The summed E-state index contributed by atoms with van der Waals surface area (Å²) in [5, 5.41) is 20.5. The van der Waals surface area contributed by atoms with Crippen LogP contribution in [0.25, 0.3) is 0 Å². The lowest BCUT2D eigenvalue weighted by molar-refractivity contribution is -0.166. The Kier molecular flexibility index (Phi) is 21.6. The molecule has 1 saturated heterocycles. The van der Waals surface area contributed by atoms with Gasteiger partial charge in [-0.15, -0.1) is 0 Å². The van der Waals surface area contributed by atoms with Crippen molar-refractivity contribution in [2.24, 2.45) is 0 Å². The molecule has 428 valence electrons. The van der Waals surface area contributed by atoms with E-state index >= 15 is 0 Å². The second kappa shape index (κ2) is 26.8. The summed E-state index contributed by atoms with van der Waals surface area (Å²) in [5.74, 6) is -1.63. The Hall–Kier alpha value is -5.95. The third kappa shape index (κ3) is 17.5. The van der Waals surface area contributed by atoms with Crippen molar-refractivity contribution in [1.82, 2.24) is 25.1 Å². The first kappa shape index (κ1) is 62.9. The van der Waals surface area contributed by atoms with Crippen molar-refractivity contribution in [2.75, 3.05) is 20.2 Å². The van der Waals surface area contributed by atoms with Crippen molar-refractivity contribution in [2.45, 2.75) is 180 Å². The molecule has 0 aliphatic carbocycles. The molecular formula is C57H83N5O14Si2. The van der Waals surface area contributed by atoms with Crippen LogP contribution in [0, 0.1) is 0 Å². The highest BCUT2D eigenvalue weighted by Crippen LogP contribution is 2.46. The lowest BCUT2D eigenvalue weighted by Gasteiger charge is -2.44. The van der Waals surface area contributed by atoms with Gasteiger partial charge in [0.2, 0.25) is 5.91 Å². The summed E-state index contributed by atoms with van der Waals surface area (Å²) in [4.78, 5) is 82.4. The number of aliphatic hydroxyl groups excluding tert-OH is 1. The normalized spacial score (nSPS) is 18.3. The van der Waals surface area contributed by atoms with Crippen LogP contribution in [-0.4, -0.2) is 117 Å². The number of nitrogens with one attached hydrogen (secondary N) is 3. The van der Waals surface area contributed by atoms with Gasteiger partial charge in [0.05, 0.1) is 20.1 Å². The molecule has 4 aromatic rings. The molecule has 78 heavy (non-hydrogen) atoms. The quantitative estimate of drug-likeness (QED) is 0.0233. The Bertz CT molecular complexity index is 2680. The minimum Gasteiger partial charge on any atom is -0.497 e. The second-order valence-corrected chi connectivity index (χ2v) is 33.2. The lowest BCUT2D eigenvalue weighted by Crippen LogP contribution is -2.59. The number of esters is 2. The average molecular weight is 1120 g/mol. The first-order chi connectivity index (χ1) is 36.4. The number of ether oxygens (including phenoxy) is 5. The molecule has 7 atom stereocenters. The van der Waals surface area contributed by atoms with Crippen LogP contribution in [0.3, 0.4) is 0 Å². The molecule has 21 heteroatoms. The van der Waals surface area contributed by atoms with Gasteiger partial charge in [-0.2, -0.15) is 0 Å². The summed E-state index contributed by atoms with van der Waals surface area (Å²) in [5.41, 5.74) is -0.105. The van der Waals surface area contributed by atoms with E-state index in [9.17, 15) is 33.9 Å². The SMILES string of the molecule is COc1ccc(Cn2c(=O)ccn(C3OC(C(O)C(NCCCNC(=O)C(CC(=O)OCc4ccccc4)NC(=O)OCc4ccccc4)C(=O)OC(C)(C)C)C(O[Si](C)(C)C(C)(C)C)C3O[Si](C)(C)C(C)(C)C)c2=O)cc1. The number of aromatic nitrogens is 2. The largest absolute Gasteiger partial charge is 0.497 e. The van der Waals surface area contributed by atoms with E-state index in [0.717, 1.165) is 15.7 Å². The van der Waals surface area contributed by atoms with Gasteiger partial charge in [-0.25, -0.2) is 9.59 Å². The minimum atomic E-state index is -2.81. The first-order valence-electron chi connectivity index (χ1n) is 26.5. The molecule has 0 spiro atoms. The van der Waals surface area contributed by atoms with Gasteiger partial charge in [0.15, 0.2) is 22.9 Å². The summed E-state index contributed by atoms with van der Waals surface area (Å²) in [6.45, 7) is 25.6. The molecule has 0 saturated carbocycles. The number of hydrogen-bond acceptors (Lipinski definition) is 15. The molecule has 0 radical (unpaired) electrons. The number of aliphatic hydroxyl groups is 1. The van der Waals surface area contributed by atoms with Crippen molar-refractivity contribution >= 4 is 40.6 Å². The molecule has 2 heterocycles. The Morgan fingerprint density at radius 1 is 0.718 bits per heavy atom. The van der Waals surface area contributed by atoms with Crippen LogP contribution in [-0.2, 0) is 61.9 Å². The number of rotatable bonds is 24. The third-order valence-corrected chi connectivity index (χ3v) is 23.3. The Balaban J connectivity index is 1.44. The summed E-state index contributed by atoms with van der Waals surface area (Å²) in [6.07, 6.45) is -6.26. The van der Waals surface area contributed by atoms with E-state index in [1.54, 1.807) is 101 Å². The summed E-state index contributed by atoms with van der Waals surface area (Å²) in [7, 11) is -4.05.